The highest BCUT2D eigenvalue weighted by Gasteiger charge is 2.23. The van der Waals surface area contributed by atoms with Crippen LogP contribution in [0.2, 0.25) is 5.02 Å². The zero-order valence-electron chi connectivity index (χ0n) is 12.3. The van der Waals surface area contributed by atoms with E-state index in [2.05, 4.69) is 28.2 Å². The second kappa shape index (κ2) is 6.95. The Kier molecular flexibility index (Phi) is 5.47. The first-order chi connectivity index (χ1) is 9.95. The molecule has 5 heteroatoms. The minimum Gasteiger partial charge on any atom is -0.466 e. The molecule has 2 rings (SSSR count). The molecular formula is C16H18BrClFNO. The molecule has 2 aromatic rings. The van der Waals surface area contributed by atoms with Crippen LogP contribution in [0.25, 0.3) is 0 Å². The molecule has 0 aliphatic heterocycles. The van der Waals surface area contributed by atoms with E-state index in [4.69, 9.17) is 16.0 Å². The Morgan fingerprint density at radius 2 is 2.05 bits per heavy atom. The zero-order valence-corrected chi connectivity index (χ0v) is 14.6. The van der Waals surface area contributed by atoms with Gasteiger partial charge in [-0.25, -0.2) is 4.39 Å². The van der Waals surface area contributed by atoms with E-state index in [0.29, 0.717) is 10.0 Å². The third kappa shape index (κ3) is 3.50. The Balaban J connectivity index is 2.50. The van der Waals surface area contributed by atoms with Crippen molar-refractivity contribution < 1.29 is 8.81 Å². The van der Waals surface area contributed by atoms with E-state index in [1.54, 1.807) is 12.1 Å². The van der Waals surface area contributed by atoms with E-state index in [9.17, 15) is 4.39 Å². The first kappa shape index (κ1) is 16.5. The van der Waals surface area contributed by atoms with Crippen molar-refractivity contribution in [3.8, 4) is 0 Å². The summed E-state index contributed by atoms with van der Waals surface area (Å²) in [6.07, 6.45) is 0.957. The van der Waals surface area contributed by atoms with Crippen LogP contribution in [0.5, 0.6) is 0 Å². The molecule has 0 bridgehead atoms. The number of hydrogen-bond acceptors (Lipinski definition) is 2. The highest BCUT2D eigenvalue weighted by molar-refractivity contribution is 9.10. The maximum atomic E-state index is 14.5. The summed E-state index contributed by atoms with van der Waals surface area (Å²) >= 11 is 9.27. The van der Waals surface area contributed by atoms with E-state index < -0.39 is 5.82 Å². The van der Waals surface area contributed by atoms with Crippen LogP contribution in [0, 0.1) is 19.7 Å². The second-order valence-electron chi connectivity index (χ2n) is 5.02. The van der Waals surface area contributed by atoms with Gasteiger partial charge in [-0.2, -0.15) is 0 Å². The molecule has 0 amide bonds. The molecule has 0 aliphatic rings. The summed E-state index contributed by atoms with van der Waals surface area (Å²) in [5.41, 5.74) is 1.47. The number of halogens is 3. The summed E-state index contributed by atoms with van der Waals surface area (Å²) in [7, 11) is 0. The Morgan fingerprint density at radius 1 is 1.33 bits per heavy atom. The quantitative estimate of drug-likeness (QED) is 0.695. The lowest BCUT2D eigenvalue weighted by molar-refractivity contribution is 0.490. The van der Waals surface area contributed by atoms with Gasteiger partial charge in [0.1, 0.15) is 17.3 Å². The Labute approximate surface area is 137 Å². The lowest BCUT2D eigenvalue weighted by atomic mass is 9.98. The van der Waals surface area contributed by atoms with Gasteiger partial charge in [-0.1, -0.05) is 24.6 Å². The molecule has 2 nitrogen and oxygen atoms in total. The first-order valence-electron chi connectivity index (χ1n) is 6.89. The number of furan rings is 1. The highest BCUT2D eigenvalue weighted by Crippen LogP contribution is 2.34. The monoisotopic (exact) mass is 373 g/mol. The van der Waals surface area contributed by atoms with Gasteiger partial charge in [0.15, 0.2) is 0 Å². The van der Waals surface area contributed by atoms with Crippen LogP contribution in [0.3, 0.4) is 0 Å². The third-order valence-electron chi connectivity index (χ3n) is 3.36. The standard InChI is InChI=1S/C16H18BrClFNO/c1-4-7-20-16(12-8-9(2)21-10(12)3)11-5-6-13(17)14(18)15(11)19/h5-6,8,16,20H,4,7H2,1-3H3. The van der Waals surface area contributed by atoms with Gasteiger partial charge in [0, 0.05) is 15.6 Å². The molecular weight excluding hydrogens is 357 g/mol. The Morgan fingerprint density at radius 3 is 2.62 bits per heavy atom. The van der Waals surface area contributed by atoms with Gasteiger partial charge in [0.05, 0.1) is 11.1 Å². The lowest BCUT2D eigenvalue weighted by Gasteiger charge is -2.20. The molecule has 0 aliphatic carbocycles. The summed E-state index contributed by atoms with van der Waals surface area (Å²) in [5.74, 6) is 1.20. The average Bonchev–Trinajstić information content (AvgIpc) is 2.77. The van der Waals surface area contributed by atoms with Crippen LogP contribution in [-0.4, -0.2) is 6.54 Å². The number of aryl methyl sites for hydroxylation is 2. The van der Waals surface area contributed by atoms with Gasteiger partial charge in [0.25, 0.3) is 0 Å². The molecule has 0 fully saturated rings. The van der Waals surface area contributed by atoms with Crippen molar-refractivity contribution in [2.45, 2.75) is 33.2 Å². The van der Waals surface area contributed by atoms with E-state index in [0.717, 1.165) is 30.0 Å². The maximum Gasteiger partial charge on any atom is 0.148 e. The predicted molar refractivity (Wildman–Crippen MR) is 87.4 cm³/mol. The van der Waals surface area contributed by atoms with Crippen molar-refractivity contribution in [1.29, 1.82) is 0 Å². The van der Waals surface area contributed by atoms with Gasteiger partial charge in [-0.15, -0.1) is 0 Å². The normalized spacial score (nSPS) is 12.7. The van der Waals surface area contributed by atoms with Crippen molar-refractivity contribution in [1.82, 2.24) is 5.32 Å². The SMILES string of the molecule is CCCNC(c1cc(C)oc1C)c1ccc(Br)c(Cl)c1F. The van der Waals surface area contributed by atoms with Crippen molar-refractivity contribution in [2.75, 3.05) is 6.54 Å². The lowest BCUT2D eigenvalue weighted by Crippen LogP contribution is -2.24. The van der Waals surface area contributed by atoms with Crippen molar-refractivity contribution >= 4 is 27.5 Å². The van der Waals surface area contributed by atoms with E-state index in [1.807, 2.05) is 19.9 Å². The molecule has 0 spiro atoms. The fraction of sp³-hybridized carbons (Fsp3) is 0.375. The molecule has 1 heterocycles. The zero-order chi connectivity index (χ0) is 15.6. The molecule has 1 aromatic heterocycles. The fourth-order valence-electron chi connectivity index (χ4n) is 2.38. The largest absolute Gasteiger partial charge is 0.466 e. The average molecular weight is 375 g/mol. The Hall–Kier alpha value is -0.840. The molecule has 0 saturated carbocycles. The van der Waals surface area contributed by atoms with Gasteiger partial charge < -0.3 is 9.73 Å². The minimum atomic E-state index is -0.405. The smallest absolute Gasteiger partial charge is 0.148 e. The number of hydrogen-bond donors (Lipinski definition) is 1. The minimum absolute atomic E-state index is 0.105. The predicted octanol–water partition coefficient (Wildman–Crippen LogP) is 5.54. The molecule has 1 N–H and O–H groups in total. The van der Waals surface area contributed by atoms with Crippen LogP contribution in [0.4, 0.5) is 4.39 Å². The third-order valence-corrected chi connectivity index (χ3v) is 4.62. The number of rotatable bonds is 5. The summed E-state index contributed by atoms with van der Waals surface area (Å²) in [6, 6.07) is 5.19. The number of benzene rings is 1. The molecule has 0 radical (unpaired) electrons. The van der Waals surface area contributed by atoms with Gasteiger partial charge in [-0.05, 0) is 54.9 Å². The first-order valence-corrected chi connectivity index (χ1v) is 8.06. The molecule has 1 atom stereocenters. The summed E-state index contributed by atoms with van der Waals surface area (Å²) in [6.45, 7) is 6.63. The summed E-state index contributed by atoms with van der Waals surface area (Å²) in [4.78, 5) is 0. The van der Waals surface area contributed by atoms with Gasteiger partial charge >= 0.3 is 0 Å². The van der Waals surface area contributed by atoms with Crippen molar-refractivity contribution in [2.24, 2.45) is 0 Å². The van der Waals surface area contributed by atoms with Crippen LogP contribution in [-0.2, 0) is 0 Å². The maximum absolute atomic E-state index is 14.5. The summed E-state index contributed by atoms with van der Waals surface area (Å²) < 4.78 is 20.7. The van der Waals surface area contributed by atoms with Gasteiger partial charge in [-0.3, -0.25) is 0 Å². The van der Waals surface area contributed by atoms with Gasteiger partial charge in [0.2, 0.25) is 0 Å². The topological polar surface area (TPSA) is 25.2 Å². The van der Waals surface area contributed by atoms with Crippen LogP contribution >= 0.6 is 27.5 Å². The number of nitrogens with one attached hydrogen (secondary N) is 1. The summed E-state index contributed by atoms with van der Waals surface area (Å²) in [5, 5.41) is 3.47. The highest BCUT2D eigenvalue weighted by atomic mass is 79.9. The van der Waals surface area contributed by atoms with Crippen molar-refractivity contribution in [3.63, 3.8) is 0 Å². The Bertz CT molecular complexity index is 641. The molecule has 0 saturated heterocycles. The van der Waals surface area contributed by atoms with E-state index in [-0.39, 0.29) is 11.1 Å². The fourth-order valence-corrected chi connectivity index (χ4v) is 2.86. The second-order valence-corrected chi connectivity index (χ2v) is 6.25. The molecule has 1 aromatic carbocycles. The van der Waals surface area contributed by atoms with Crippen LogP contribution < -0.4 is 5.32 Å². The van der Waals surface area contributed by atoms with Crippen LogP contribution in [0.15, 0.2) is 27.1 Å². The molecule has 21 heavy (non-hydrogen) atoms. The van der Waals surface area contributed by atoms with Crippen LogP contribution in [0.1, 0.15) is 42.0 Å². The van der Waals surface area contributed by atoms with E-state index >= 15 is 0 Å². The molecule has 114 valence electrons. The van der Waals surface area contributed by atoms with E-state index in [1.165, 1.54) is 0 Å². The molecule has 1 unspecified atom stereocenters. The van der Waals surface area contributed by atoms with Crippen molar-refractivity contribution in [3.05, 3.63) is 56.2 Å².